The van der Waals surface area contributed by atoms with Crippen LogP contribution in [0.2, 0.25) is 0 Å². The maximum atomic E-state index is 13.2. The van der Waals surface area contributed by atoms with Crippen LogP contribution >= 0.6 is 11.8 Å². The molecule has 4 nitrogen and oxygen atoms in total. The lowest BCUT2D eigenvalue weighted by atomic mass is 9.79. The van der Waals surface area contributed by atoms with Gasteiger partial charge in [-0.25, -0.2) is 9.37 Å². The predicted octanol–water partition coefficient (Wildman–Crippen LogP) is 0.588. The summed E-state index contributed by atoms with van der Waals surface area (Å²) in [6.07, 6.45) is 4.81. The van der Waals surface area contributed by atoms with Gasteiger partial charge in [0.2, 0.25) is 0 Å². The first kappa shape index (κ1) is 13.0. The average molecular weight is 264 g/mol. The fourth-order valence-electron chi connectivity index (χ4n) is 1.40. The van der Waals surface area contributed by atoms with Crippen molar-refractivity contribution in [3.63, 3.8) is 0 Å². The fraction of sp³-hybridized carbons (Fsp3) is 0.0909. The molecule has 2 aromatic rings. The molecule has 0 atom stereocenters. The van der Waals surface area contributed by atoms with Crippen molar-refractivity contribution in [1.29, 1.82) is 0 Å². The Hall–Kier alpha value is -1.44. The molecule has 2 N–H and O–H groups in total. The van der Waals surface area contributed by atoms with Crippen molar-refractivity contribution in [1.82, 2.24) is 9.97 Å². The Labute approximate surface area is 108 Å². The highest BCUT2D eigenvalue weighted by molar-refractivity contribution is 7.98. The van der Waals surface area contributed by atoms with Crippen LogP contribution < -0.4 is 5.46 Å². The highest BCUT2D eigenvalue weighted by Crippen LogP contribution is 2.19. The number of rotatable bonds is 4. The van der Waals surface area contributed by atoms with Crippen LogP contribution in [-0.4, -0.2) is 27.1 Å². The molecule has 0 aliphatic heterocycles. The summed E-state index contributed by atoms with van der Waals surface area (Å²) >= 11 is 1.44. The molecule has 0 aliphatic carbocycles. The molecule has 1 heterocycles. The summed E-state index contributed by atoms with van der Waals surface area (Å²) in [5.41, 5.74) is 0.669. The largest absolute Gasteiger partial charge is 0.491 e. The maximum absolute atomic E-state index is 13.2. The number of benzene rings is 1. The molecule has 0 fully saturated rings. The van der Waals surface area contributed by atoms with Gasteiger partial charge in [-0.15, -0.1) is 11.8 Å². The molecule has 0 spiro atoms. The van der Waals surface area contributed by atoms with Crippen LogP contribution in [0.4, 0.5) is 4.39 Å². The maximum Gasteiger partial charge on any atom is 0.491 e. The Bertz CT molecular complexity index is 528. The van der Waals surface area contributed by atoms with E-state index in [1.807, 2.05) is 0 Å². The minimum absolute atomic E-state index is 0.118. The molecule has 7 heteroatoms. The number of hydrogen-bond donors (Lipinski definition) is 2. The molecule has 0 saturated carbocycles. The van der Waals surface area contributed by atoms with Crippen molar-refractivity contribution in [3.05, 3.63) is 48.2 Å². The zero-order valence-electron chi connectivity index (χ0n) is 9.32. The van der Waals surface area contributed by atoms with Gasteiger partial charge in [-0.1, -0.05) is 12.1 Å². The van der Waals surface area contributed by atoms with E-state index in [2.05, 4.69) is 9.97 Å². The molecule has 0 amide bonds. The first-order valence-corrected chi connectivity index (χ1v) is 6.18. The quantitative estimate of drug-likeness (QED) is 0.625. The lowest BCUT2D eigenvalue weighted by molar-refractivity contribution is 0.423. The van der Waals surface area contributed by atoms with E-state index in [0.29, 0.717) is 5.75 Å². The smallest absolute Gasteiger partial charge is 0.423 e. The van der Waals surface area contributed by atoms with E-state index in [1.54, 1.807) is 24.7 Å². The summed E-state index contributed by atoms with van der Waals surface area (Å²) < 4.78 is 13.2. The van der Waals surface area contributed by atoms with Gasteiger partial charge in [-0.2, -0.15) is 0 Å². The van der Waals surface area contributed by atoms with Crippen molar-refractivity contribution in [2.24, 2.45) is 0 Å². The molecule has 92 valence electrons. The molecule has 0 saturated heterocycles. The summed E-state index contributed by atoms with van der Waals surface area (Å²) in [4.78, 5) is 8.03. The van der Waals surface area contributed by atoms with Crippen LogP contribution in [-0.2, 0) is 5.75 Å². The van der Waals surface area contributed by atoms with Crippen molar-refractivity contribution < 1.29 is 14.4 Å². The van der Waals surface area contributed by atoms with Gasteiger partial charge in [0.1, 0.15) is 10.8 Å². The lowest BCUT2D eigenvalue weighted by Crippen LogP contribution is -2.33. The number of hydrogen-bond acceptors (Lipinski definition) is 5. The summed E-state index contributed by atoms with van der Waals surface area (Å²) in [6, 6.07) is 4.26. The Morgan fingerprint density at radius 3 is 2.78 bits per heavy atom. The summed E-state index contributed by atoms with van der Waals surface area (Å²) in [5, 5.41) is 18.8. The van der Waals surface area contributed by atoms with Crippen LogP contribution in [0.3, 0.4) is 0 Å². The van der Waals surface area contributed by atoms with Gasteiger partial charge in [0, 0.05) is 23.6 Å². The zero-order chi connectivity index (χ0) is 13.0. The summed E-state index contributed by atoms with van der Waals surface area (Å²) in [7, 11) is -1.80. The highest BCUT2D eigenvalue weighted by atomic mass is 32.2. The monoisotopic (exact) mass is 264 g/mol. The average Bonchev–Trinajstić information content (AvgIpc) is 2.38. The van der Waals surface area contributed by atoms with E-state index in [9.17, 15) is 4.39 Å². The fourth-order valence-corrected chi connectivity index (χ4v) is 2.16. The van der Waals surface area contributed by atoms with Crippen molar-refractivity contribution in [2.75, 3.05) is 0 Å². The lowest BCUT2D eigenvalue weighted by Gasteiger charge is -2.05. The number of halogens is 1. The summed E-state index contributed by atoms with van der Waals surface area (Å²) in [6.45, 7) is 0. The van der Waals surface area contributed by atoms with Gasteiger partial charge in [-0.05, 0) is 11.6 Å². The second-order valence-electron chi connectivity index (χ2n) is 3.56. The zero-order valence-corrected chi connectivity index (χ0v) is 10.1. The molecule has 0 bridgehead atoms. The van der Waals surface area contributed by atoms with Crippen molar-refractivity contribution in [3.8, 4) is 0 Å². The third-order valence-electron chi connectivity index (χ3n) is 2.26. The highest BCUT2D eigenvalue weighted by Gasteiger charge is 2.16. The molecular weight excluding hydrogens is 254 g/mol. The first-order valence-electron chi connectivity index (χ1n) is 5.20. The van der Waals surface area contributed by atoms with Gasteiger partial charge in [-0.3, -0.25) is 4.98 Å². The molecule has 1 aromatic carbocycles. The van der Waals surface area contributed by atoms with E-state index in [1.165, 1.54) is 23.9 Å². The first-order chi connectivity index (χ1) is 8.66. The van der Waals surface area contributed by atoms with Gasteiger partial charge in [0.05, 0.1) is 6.20 Å². The molecular formula is C11H10BFN2O2S. The van der Waals surface area contributed by atoms with Crippen LogP contribution in [0, 0.1) is 5.82 Å². The topological polar surface area (TPSA) is 66.2 Å². The van der Waals surface area contributed by atoms with E-state index in [0.717, 1.165) is 10.6 Å². The van der Waals surface area contributed by atoms with E-state index >= 15 is 0 Å². The van der Waals surface area contributed by atoms with Crippen LogP contribution in [0.15, 0.2) is 41.8 Å². The Morgan fingerprint density at radius 2 is 2.11 bits per heavy atom. The molecule has 0 aliphatic rings. The molecule has 0 unspecified atom stereocenters. The normalized spacial score (nSPS) is 10.4. The molecule has 0 radical (unpaired) electrons. The van der Waals surface area contributed by atoms with Gasteiger partial charge in [0.25, 0.3) is 0 Å². The molecule has 18 heavy (non-hydrogen) atoms. The van der Waals surface area contributed by atoms with Gasteiger partial charge < -0.3 is 10.0 Å². The minimum Gasteiger partial charge on any atom is -0.423 e. The standard InChI is InChI=1S/C11H10BFN2O2S/c13-10-2-1-8(5-9(10)12(16)17)7-18-11-6-14-3-4-15-11/h1-6,16-17H,7H2. The predicted molar refractivity (Wildman–Crippen MR) is 67.8 cm³/mol. The number of aromatic nitrogens is 2. The Kier molecular flexibility index (Phi) is 4.30. The van der Waals surface area contributed by atoms with Gasteiger partial charge in [0.15, 0.2) is 0 Å². The van der Waals surface area contributed by atoms with E-state index in [-0.39, 0.29) is 5.46 Å². The van der Waals surface area contributed by atoms with Crippen molar-refractivity contribution >= 4 is 24.3 Å². The second kappa shape index (κ2) is 5.95. The van der Waals surface area contributed by atoms with Crippen LogP contribution in [0.5, 0.6) is 0 Å². The number of thioether (sulfide) groups is 1. The van der Waals surface area contributed by atoms with Crippen LogP contribution in [0.25, 0.3) is 0 Å². The van der Waals surface area contributed by atoms with E-state index in [4.69, 9.17) is 10.0 Å². The van der Waals surface area contributed by atoms with Crippen LogP contribution in [0.1, 0.15) is 5.56 Å². The number of nitrogens with zero attached hydrogens (tertiary/aromatic N) is 2. The van der Waals surface area contributed by atoms with E-state index < -0.39 is 12.9 Å². The van der Waals surface area contributed by atoms with Gasteiger partial charge >= 0.3 is 7.12 Å². The third-order valence-corrected chi connectivity index (χ3v) is 3.25. The van der Waals surface area contributed by atoms with Crippen molar-refractivity contribution in [2.45, 2.75) is 10.8 Å². The molecule has 2 rings (SSSR count). The third kappa shape index (κ3) is 3.28. The second-order valence-corrected chi connectivity index (χ2v) is 4.56. The Morgan fingerprint density at radius 1 is 1.28 bits per heavy atom. The molecule has 1 aromatic heterocycles. The minimum atomic E-state index is -1.80. The Balaban J connectivity index is 2.08. The SMILES string of the molecule is OB(O)c1cc(CSc2cnccn2)ccc1F. The summed E-state index contributed by atoms with van der Waals surface area (Å²) in [5.74, 6) is -0.0724.